The molecule has 0 aromatic carbocycles. The van der Waals surface area contributed by atoms with Crippen molar-refractivity contribution in [2.75, 3.05) is 32.8 Å². The van der Waals surface area contributed by atoms with Gasteiger partial charge in [0.05, 0.1) is 12.8 Å². The van der Waals surface area contributed by atoms with Crippen molar-refractivity contribution in [3.8, 4) is 5.75 Å². The van der Waals surface area contributed by atoms with Gasteiger partial charge in [0.15, 0.2) is 0 Å². The maximum Gasteiger partial charge on any atom is 0.248 e. The van der Waals surface area contributed by atoms with E-state index in [1.165, 1.54) is 16.7 Å². The summed E-state index contributed by atoms with van der Waals surface area (Å²) >= 11 is 0. The number of sulfonamides is 1. The first-order valence-electron chi connectivity index (χ1n) is 5.94. The molecule has 0 radical (unpaired) electrons. The van der Waals surface area contributed by atoms with Crippen molar-refractivity contribution in [1.29, 1.82) is 0 Å². The SMILES string of the molecule is CCOc1ccncc1S(=O)(=O)N1CCNCC1. The molecule has 0 spiro atoms. The second-order valence-electron chi connectivity index (χ2n) is 3.91. The number of pyridine rings is 1. The predicted molar refractivity (Wildman–Crippen MR) is 67.0 cm³/mol. The summed E-state index contributed by atoms with van der Waals surface area (Å²) in [5, 5.41) is 3.13. The van der Waals surface area contributed by atoms with Gasteiger partial charge < -0.3 is 10.1 Å². The van der Waals surface area contributed by atoms with Gasteiger partial charge in [-0.05, 0) is 13.0 Å². The molecule has 1 aliphatic rings. The molecule has 1 aromatic rings. The molecular weight excluding hydrogens is 254 g/mol. The first kappa shape index (κ1) is 13.3. The van der Waals surface area contributed by atoms with Gasteiger partial charge >= 0.3 is 0 Å². The summed E-state index contributed by atoms with van der Waals surface area (Å²) < 4.78 is 31.7. The predicted octanol–water partition coefficient (Wildman–Crippen LogP) is 0.0742. The number of rotatable bonds is 4. The molecule has 1 aromatic heterocycles. The maximum atomic E-state index is 12.5. The Labute approximate surface area is 107 Å². The Balaban J connectivity index is 2.34. The number of nitrogens with zero attached hydrogens (tertiary/aromatic N) is 2. The van der Waals surface area contributed by atoms with Crippen LogP contribution in [-0.4, -0.2) is 50.5 Å². The minimum absolute atomic E-state index is 0.147. The van der Waals surface area contributed by atoms with Gasteiger partial charge in [0, 0.05) is 32.4 Å². The van der Waals surface area contributed by atoms with E-state index >= 15 is 0 Å². The number of ether oxygens (including phenoxy) is 1. The standard InChI is InChI=1S/C11H17N3O3S/c1-2-17-10-3-4-13-9-11(10)18(15,16)14-7-5-12-6-8-14/h3-4,9,12H,2,5-8H2,1H3. The minimum Gasteiger partial charge on any atom is -0.492 e. The average molecular weight is 271 g/mol. The number of aromatic nitrogens is 1. The molecular formula is C11H17N3O3S. The lowest BCUT2D eigenvalue weighted by Crippen LogP contribution is -2.46. The molecule has 18 heavy (non-hydrogen) atoms. The first-order chi connectivity index (χ1) is 8.66. The molecule has 1 aliphatic heterocycles. The van der Waals surface area contributed by atoms with Crippen molar-refractivity contribution < 1.29 is 13.2 Å². The van der Waals surface area contributed by atoms with Gasteiger partial charge in [-0.25, -0.2) is 8.42 Å². The van der Waals surface area contributed by atoms with Crippen LogP contribution in [0.25, 0.3) is 0 Å². The van der Waals surface area contributed by atoms with Crippen LogP contribution in [0.1, 0.15) is 6.92 Å². The van der Waals surface area contributed by atoms with Crippen LogP contribution in [0.4, 0.5) is 0 Å². The molecule has 100 valence electrons. The van der Waals surface area contributed by atoms with E-state index < -0.39 is 10.0 Å². The zero-order valence-electron chi connectivity index (χ0n) is 10.3. The van der Waals surface area contributed by atoms with E-state index in [9.17, 15) is 8.42 Å². The number of hydrogen-bond donors (Lipinski definition) is 1. The van der Waals surface area contributed by atoms with Gasteiger partial charge in [0.1, 0.15) is 10.6 Å². The molecule has 0 unspecified atom stereocenters. The normalized spacial score (nSPS) is 17.6. The molecule has 0 saturated carbocycles. The van der Waals surface area contributed by atoms with Gasteiger partial charge in [-0.15, -0.1) is 0 Å². The highest BCUT2D eigenvalue weighted by molar-refractivity contribution is 7.89. The van der Waals surface area contributed by atoms with Crippen molar-refractivity contribution in [3.63, 3.8) is 0 Å². The second kappa shape index (κ2) is 5.64. The molecule has 0 aliphatic carbocycles. The highest BCUT2D eigenvalue weighted by Crippen LogP contribution is 2.25. The summed E-state index contributed by atoms with van der Waals surface area (Å²) in [7, 11) is -3.51. The molecule has 6 nitrogen and oxygen atoms in total. The van der Waals surface area contributed by atoms with Crippen molar-refractivity contribution in [1.82, 2.24) is 14.6 Å². The van der Waals surface area contributed by atoms with Crippen LogP contribution < -0.4 is 10.1 Å². The Morgan fingerprint density at radius 3 is 2.83 bits per heavy atom. The fraction of sp³-hybridized carbons (Fsp3) is 0.545. The molecule has 1 fully saturated rings. The Bertz CT molecular complexity index is 498. The highest BCUT2D eigenvalue weighted by atomic mass is 32.2. The zero-order chi connectivity index (χ0) is 13.0. The second-order valence-corrected chi connectivity index (χ2v) is 5.82. The highest BCUT2D eigenvalue weighted by Gasteiger charge is 2.28. The summed E-state index contributed by atoms with van der Waals surface area (Å²) in [6.07, 6.45) is 2.88. The molecule has 2 heterocycles. The third-order valence-electron chi connectivity index (χ3n) is 2.74. The van der Waals surface area contributed by atoms with Crippen LogP contribution in [0, 0.1) is 0 Å². The van der Waals surface area contributed by atoms with E-state index in [0.29, 0.717) is 38.5 Å². The van der Waals surface area contributed by atoms with E-state index in [4.69, 9.17) is 4.74 Å². The quantitative estimate of drug-likeness (QED) is 0.839. The molecule has 0 bridgehead atoms. The van der Waals surface area contributed by atoms with Crippen molar-refractivity contribution in [2.45, 2.75) is 11.8 Å². The summed E-state index contributed by atoms with van der Waals surface area (Å²) in [6.45, 7) is 4.54. The van der Waals surface area contributed by atoms with E-state index in [-0.39, 0.29) is 4.90 Å². The first-order valence-corrected chi connectivity index (χ1v) is 7.38. The monoisotopic (exact) mass is 271 g/mol. The van der Waals surface area contributed by atoms with Gasteiger partial charge in [-0.3, -0.25) is 4.98 Å². The minimum atomic E-state index is -3.51. The van der Waals surface area contributed by atoms with Crippen LogP contribution >= 0.6 is 0 Å². The van der Waals surface area contributed by atoms with E-state index in [1.807, 2.05) is 6.92 Å². The topological polar surface area (TPSA) is 71.5 Å². The van der Waals surface area contributed by atoms with Crippen molar-refractivity contribution >= 4 is 10.0 Å². The molecule has 0 atom stereocenters. The van der Waals surface area contributed by atoms with E-state index in [1.54, 1.807) is 6.07 Å². The fourth-order valence-electron chi connectivity index (χ4n) is 1.86. The van der Waals surface area contributed by atoms with Gasteiger partial charge in [0.2, 0.25) is 10.0 Å². The lowest BCUT2D eigenvalue weighted by molar-refractivity contribution is 0.324. The van der Waals surface area contributed by atoms with E-state index in [0.717, 1.165) is 0 Å². The Morgan fingerprint density at radius 2 is 2.17 bits per heavy atom. The number of hydrogen-bond acceptors (Lipinski definition) is 5. The van der Waals surface area contributed by atoms with Gasteiger partial charge in [0.25, 0.3) is 0 Å². The summed E-state index contributed by atoms with van der Waals surface area (Å²) in [5.41, 5.74) is 0. The molecule has 2 rings (SSSR count). The molecule has 1 saturated heterocycles. The molecule has 1 N–H and O–H groups in total. The zero-order valence-corrected chi connectivity index (χ0v) is 11.1. The van der Waals surface area contributed by atoms with Crippen LogP contribution in [-0.2, 0) is 10.0 Å². The van der Waals surface area contributed by atoms with Gasteiger partial charge in [-0.1, -0.05) is 0 Å². The van der Waals surface area contributed by atoms with Crippen molar-refractivity contribution in [3.05, 3.63) is 18.5 Å². The lowest BCUT2D eigenvalue weighted by Gasteiger charge is -2.27. The summed E-state index contributed by atoms with van der Waals surface area (Å²) in [4.78, 5) is 4.03. The van der Waals surface area contributed by atoms with Crippen LogP contribution in [0.15, 0.2) is 23.4 Å². The van der Waals surface area contributed by atoms with Crippen molar-refractivity contribution in [2.24, 2.45) is 0 Å². The van der Waals surface area contributed by atoms with Crippen LogP contribution in [0.3, 0.4) is 0 Å². The Kier molecular flexibility index (Phi) is 4.15. The maximum absolute atomic E-state index is 12.5. The number of piperazine rings is 1. The largest absolute Gasteiger partial charge is 0.492 e. The average Bonchev–Trinajstić information content (AvgIpc) is 2.41. The molecule has 7 heteroatoms. The Morgan fingerprint density at radius 1 is 1.44 bits per heavy atom. The summed E-state index contributed by atoms with van der Waals surface area (Å²) in [6, 6.07) is 1.58. The lowest BCUT2D eigenvalue weighted by atomic mass is 10.4. The van der Waals surface area contributed by atoms with E-state index in [2.05, 4.69) is 10.3 Å². The van der Waals surface area contributed by atoms with Gasteiger partial charge in [-0.2, -0.15) is 4.31 Å². The summed E-state index contributed by atoms with van der Waals surface area (Å²) in [5.74, 6) is 0.367. The molecule has 0 amide bonds. The number of nitrogens with one attached hydrogen (secondary N) is 1. The fourth-order valence-corrected chi connectivity index (χ4v) is 3.38. The Hall–Kier alpha value is -1.18. The van der Waals surface area contributed by atoms with Crippen LogP contribution in [0.5, 0.6) is 5.75 Å². The third-order valence-corrected chi connectivity index (χ3v) is 4.65. The van der Waals surface area contributed by atoms with Crippen LogP contribution in [0.2, 0.25) is 0 Å². The third kappa shape index (κ3) is 2.63. The smallest absolute Gasteiger partial charge is 0.248 e.